The third-order valence-electron chi connectivity index (χ3n) is 1.60. The monoisotopic (exact) mass is 188 g/mol. The Labute approximate surface area is 80.4 Å². The second kappa shape index (κ2) is 7.47. The van der Waals surface area contributed by atoms with Crippen LogP contribution in [-0.2, 0) is 0 Å². The van der Waals surface area contributed by atoms with Crippen LogP contribution in [0.3, 0.4) is 0 Å². The van der Waals surface area contributed by atoms with Gasteiger partial charge in [-0.3, -0.25) is 4.99 Å². The summed E-state index contributed by atoms with van der Waals surface area (Å²) in [5, 5.41) is 1.24. The molecule has 0 aliphatic carbocycles. The minimum absolute atomic E-state index is 1.01. The minimum atomic E-state index is 1.01. The molecule has 1 aliphatic rings. The van der Waals surface area contributed by atoms with Gasteiger partial charge >= 0.3 is 0 Å². The summed E-state index contributed by atoms with van der Waals surface area (Å²) in [5.74, 6) is 1.17. The van der Waals surface area contributed by atoms with Crippen molar-refractivity contribution in [2.24, 2.45) is 4.99 Å². The summed E-state index contributed by atoms with van der Waals surface area (Å²) in [4.78, 5) is 6.69. The van der Waals surface area contributed by atoms with Gasteiger partial charge in [-0.15, -0.1) is 0 Å². The number of thioether (sulfide) groups is 1. The van der Waals surface area contributed by atoms with E-state index < -0.39 is 0 Å². The SMILES string of the molecule is CC.CCN(CC)C1=NCCS1. The smallest absolute Gasteiger partial charge is 0.159 e. The van der Waals surface area contributed by atoms with Gasteiger partial charge in [0.05, 0.1) is 6.54 Å². The van der Waals surface area contributed by atoms with E-state index in [1.165, 1.54) is 10.9 Å². The van der Waals surface area contributed by atoms with E-state index >= 15 is 0 Å². The van der Waals surface area contributed by atoms with Crippen molar-refractivity contribution in [1.29, 1.82) is 0 Å². The van der Waals surface area contributed by atoms with Crippen LogP contribution in [0.4, 0.5) is 0 Å². The van der Waals surface area contributed by atoms with Crippen LogP contribution in [0.5, 0.6) is 0 Å². The Hall–Kier alpha value is -0.180. The van der Waals surface area contributed by atoms with E-state index in [1.54, 1.807) is 0 Å². The molecule has 3 heteroatoms. The van der Waals surface area contributed by atoms with Crippen LogP contribution in [0.2, 0.25) is 0 Å². The summed E-state index contributed by atoms with van der Waals surface area (Å²) in [5.41, 5.74) is 0. The average molecular weight is 188 g/mol. The summed E-state index contributed by atoms with van der Waals surface area (Å²) in [7, 11) is 0. The molecule has 1 aliphatic heterocycles. The van der Waals surface area contributed by atoms with Crippen molar-refractivity contribution in [2.75, 3.05) is 25.4 Å². The number of aliphatic imine (C=N–C) groups is 1. The Morgan fingerprint density at radius 2 is 1.92 bits per heavy atom. The lowest BCUT2D eigenvalue weighted by Crippen LogP contribution is -2.26. The lowest BCUT2D eigenvalue weighted by atomic mass is 10.6. The van der Waals surface area contributed by atoms with Gasteiger partial charge in [-0.1, -0.05) is 25.6 Å². The molecule has 72 valence electrons. The van der Waals surface area contributed by atoms with E-state index in [0.717, 1.165) is 19.6 Å². The highest BCUT2D eigenvalue weighted by atomic mass is 32.2. The third-order valence-corrected chi connectivity index (χ3v) is 2.64. The van der Waals surface area contributed by atoms with Crippen LogP contribution < -0.4 is 0 Å². The van der Waals surface area contributed by atoms with Crippen molar-refractivity contribution in [3.05, 3.63) is 0 Å². The van der Waals surface area contributed by atoms with Crippen molar-refractivity contribution in [1.82, 2.24) is 4.90 Å². The predicted octanol–water partition coefficient (Wildman–Crippen LogP) is 2.46. The van der Waals surface area contributed by atoms with Crippen LogP contribution in [-0.4, -0.2) is 35.5 Å². The van der Waals surface area contributed by atoms with Gasteiger partial charge in [0.15, 0.2) is 5.17 Å². The first-order valence-corrected chi connectivity index (χ1v) is 5.79. The summed E-state index contributed by atoms with van der Waals surface area (Å²) in [6.45, 7) is 11.5. The first kappa shape index (κ1) is 11.8. The van der Waals surface area contributed by atoms with E-state index in [0.29, 0.717) is 0 Å². The molecule has 0 fully saturated rings. The molecule has 0 aromatic carbocycles. The Kier molecular flexibility index (Phi) is 7.36. The molecule has 0 saturated heterocycles. The second-order valence-electron chi connectivity index (χ2n) is 2.19. The molecule has 0 amide bonds. The lowest BCUT2D eigenvalue weighted by Gasteiger charge is -2.18. The quantitative estimate of drug-likeness (QED) is 0.661. The van der Waals surface area contributed by atoms with Gasteiger partial charge < -0.3 is 4.90 Å². The fourth-order valence-corrected chi connectivity index (χ4v) is 2.00. The fraction of sp³-hybridized carbons (Fsp3) is 0.889. The van der Waals surface area contributed by atoms with Gasteiger partial charge in [0.25, 0.3) is 0 Å². The molecule has 2 nitrogen and oxygen atoms in total. The molecule has 0 spiro atoms. The Bertz CT molecular complexity index is 130. The highest BCUT2D eigenvalue weighted by Gasteiger charge is 2.11. The number of hydrogen-bond acceptors (Lipinski definition) is 3. The van der Waals surface area contributed by atoms with Crippen LogP contribution in [0.1, 0.15) is 27.7 Å². The van der Waals surface area contributed by atoms with Crippen molar-refractivity contribution in [3.8, 4) is 0 Å². The first-order valence-electron chi connectivity index (χ1n) is 4.80. The van der Waals surface area contributed by atoms with Crippen molar-refractivity contribution in [3.63, 3.8) is 0 Å². The molecular weight excluding hydrogens is 168 g/mol. The Morgan fingerprint density at radius 1 is 1.33 bits per heavy atom. The van der Waals surface area contributed by atoms with E-state index in [9.17, 15) is 0 Å². The molecule has 12 heavy (non-hydrogen) atoms. The molecule has 0 radical (unpaired) electrons. The summed E-state index contributed by atoms with van der Waals surface area (Å²) in [6.07, 6.45) is 0. The minimum Gasteiger partial charge on any atom is -0.352 e. The van der Waals surface area contributed by atoms with Gasteiger partial charge in [0, 0.05) is 18.8 Å². The molecule has 1 heterocycles. The lowest BCUT2D eigenvalue weighted by molar-refractivity contribution is 0.474. The maximum absolute atomic E-state index is 4.38. The maximum atomic E-state index is 4.38. The van der Waals surface area contributed by atoms with Crippen LogP contribution >= 0.6 is 11.8 Å². The summed E-state index contributed by atoms with van der Waals surface area (Å²) in [6, 6.07) is 0. The number of rotatable bonds is 2. The van der Waals surface area contributed by atoms with Gasteiger partial charge in [-0.2, -0.15) is 0 Å². The zero-order chi connectivity index (χ0) is 9.40. The number of hydrogen-bond donors (Lipinski definition) is 0. The number of amidine groups is 1. The van der Waals surface area contributed by atoms with Gasteiger partial charge in [0.1, 0.15) is 0 Å². The zero-order valence-electron chi connectivity index (χ0n) is 8.63. The molecule has 0 aromatic heterocycles. The Balaban J connectivity index is 0.000000561. The molecular formula is C9H20N2S. The molecule has 0 atom stereocenters. The molecule has 0 saturated carbocycles. The largest absolute Gasteiger partial charge is 0.352 e. The van der Waals surface area contributed by atoms with E-state index in [-0.39, 0.29) is 0 Å². The third kappa shape index (κ3) is 3.48. The number of nitrogens with zero attached hydrogens (tertiary/aromatic N) is 2. The maximum Gasteiger partial charge on any atom is 0.159 e. The van der Waals surface area contributed by atoms with Crippen molar-refractivity contribution < 1.29 is 0 Å². The topological polar surface area (TPSA) is 15.6 Å². The summed E-state index contributed by atoms with van der Waals surface area (Å²) >= 11 is 1.88. The average Bonchev–Trinajstić information content (AvgIpc) is 2.64. The fourth-order valence-electron chi connectivity index (χ4n) is 1.01. The van der Waals surface area contributed by atoms with E-state index in [1.807, 2.05) is 25.6 Å². The molecule has 0 aromatic rings. The van der Waals surface area contributed by atoms with Gasteiger partial charge in [-0.05, 0) is 13.8 Å². The normalized spacial score (nSPS) is 14.8. The molecule has 0 bridgehead atoms. The van der Waals surface area contributed by atoms with Crippen molar-refractivity contribution >= 4 is 16.9 Å². The van der Waals surface area contributed by atoms with Crippen molar-refractivity contribution in [2.45, 2.75) is 27.7 Å². The summed E-state index contributed by atoms with van der Waals surface area (Å²) < 4.78 is 0. The van der Waals surface area contributed by atoms with E-state index in [2.05, 4.69) is 23.7 Å². The predicted molar refractivity (Wildman–Crippen MR) is 59.0 cm³/mol. The van der Waals surface area contributed by atoms with Gasteiger partial charge in [-0.25, -0.2) is 0 Å². The highest BCUT2D eigenvalue weighted by Crippen LogP contribution is 2.14. The first-order chi connectivity index (χ1) is 5.88. The zero-order valence-corrected chi connectivity index (χ0v) is 9.45. The highest BCUT2D eigenvalue weighted by molar-refractivity contribution is 8.14. The molecule has 0 N–H and O–H groups in total. The second-order valence-corrected chi connectivity index (χ2v) is 3.25. The van der Waals surface area contributed by atoms with E-state index in [4.69, 9.17) is 0 Å². The van der Waals surface area contributed by atoms with Gasteiger partial charge in [0.2, 0.25) is 0 Å². The van der Waals surface area contributed by atoms with Crippen LogP contribution in [0.15, 0.2) is 4.99 Å². The van der Waals surface area contributed by atoms with Crippen LogP contribution in [0.25, 0.3) is 0 Å². The standard InChI is InChI=1S/C7H14N2S.C2H6/c1-3-9(4-2)7-8-5-6-10-7;1-2/h3-6H2,1-2H3;1-2H3. The molecule has 0 unspecified atom stereocenters. The van der Waals surface area contributed by atoms with Crippen LogP contribution in [0, 0.1) is 0 Å². The molecule has 1 rings (SSSR count). The Morgan fingerprint density at radius 3 is 2.25 bits per heavy atom.